The molecule has 0 aliphatic carbocycles. The van der Waals surface area contributed by atoms with Crippen LogP contribution in [0.4, 0.5) is 0 Å². The second-order valence-electron chi connectivity index (χ2n) is 12.9. The van der Waals surface area contributed by atoms with Gasteiger partial charge < -0.3 is 9.13 Å². The van der Waals surface area contributed by atoms with Crippen molar-refractivity contribution in [2.75, 3.05) is 0 Å². The molecule has 0 bridgehead atoms. The van der Waals surface area contributed by atoms with Gasteiger partial charge in [-0.25, -0.2) is 0 Å². The zero-order chi connectivity index (χ0) is 32.1. The summed E-state index contributed by atoms with van der Waals surface area (Å²) in [5.74, 6) is 0. The molecule has 228 valence electrons. The summed E-state index contributed by atoms with van der Waals surface area (Å²) in [6, 6.07) is 62.3. The third-order valence-corrected chi connectivity index (χ3v) is 11.5. The summed E-state index contributed by atoms with van der Waals surface area (Å²) in [6.45, 7) is 0. The van der Waals surface area contributed by atoms with E-state index < -0.39 is 0 Å². The summed E-state index contributed by atoms with van der Waals surface area (Å²) < 4.78 is 7.62. The van der Waals surface area contributed by atoms with Crippen LogP contribution in [0.2, 0.25) is 0 Å². The Kier molecular flexibility index (Phi) is 5.57. The van der Waals surface area contributed by atoms with Crippen LogP contribution in [0.5, 0.6) is 0 Å². The highest BCUT2D eigenvalue weighted by Crippen LogP contribution is 2.48. The van der Waals surface area contributed by atoms with Gasteiger partial charge in [0.1, 0.15) is 0 Å². The van der Waals surface area contributed by atoms with Crippen molar-refractivity contribution >= 4 is 85.9 Å². The van der Waals surface area contributed by atoms with E-state index in [1.165, 1.54) is 85.7 Å². The van der Waals surface area contributed by atoms with Gasteiger partial charge in [0, 0.05) is 58.5 Å². The Morgan fingerprint density at radius 1 is 0.347 bits per heavy atom. The van der Waals surface area contributed by atoms with E-state index in [0.717, 1.165) is 11.4 Å². The molecule has 3 heterocycles. The Labute approximate surface area is 286 Å². The van der Waals surface area contributed by atoms with Crippen molar-refractivity contribution in [2.24, 2.45) is 0 Å². The van der Waals surface area contributed by atoms with Gasteiger partial charge >= 0.3 is 0 Å². The third kappa shape index (κ3) is 3.76. The first-order chi connectivity index (χ1) is 24.3. The molecule has 0 atom stereocenters. The summed E-state index contributed by atoms with van der Waals surface area (Å²) in [6.07, 6.45) is 0. The van der Waals surface area contributed by atoms with Gasteiger partial charge in [-0.15, -0.1) is 11.3 Å². The van der Waals surface area contributed by atoms with Crippen molar-refractivity contribution < 1.29 is 0 Å². The summed E-state index contributed by atoms with van der Waals surface area (Å²) in [4.78, 5) is 0. The molecule has 0 aliphatic heterocycles. The Balaban J connectivity index is 1.35. The molecule has 49 heavy (non-hydrogen) atoms. The van der Waals surface area contributed by atoms with Crippen LogP contribution in [0.15, 0.2) is 170 Å². The highest BCUT2D eigenvalue weighted by atomic mass is 32.1. The Hall–Kier alpha value is -6.16. The monoisotopic (exact) mass is 640 g/mol. The molecule has 11 rings (SSSR count). The maximum Gasteiger partial charge on any atom is 0.0640 e. The quantitative estimate of drug-likeness (QED) is 0.182. The molecule has 11 aromatic rings. The molecule has 0 N–H and O–H groups in total. The Bertz CT molecular complexity index is 3090. The molecule has 2 nitrogen and oxygen atoms in total. The minimum atomic E-state index is 1.16. The van der Waals surface area contributed by atoms with E-state index in [1.54, 1.807) is 0 Å². The lowest BCUT2D eigenvalue weighted by Crippen LogP contribution is -1.97. The van der Waals surface area contributed by atoms with Gasteiger partial charge in [-0.05, 0) is 65.0 Å². The van der Waals surface area contributed by atoms with Crippen LogP contribution in [0.3, 0.4) is 0 Å². The fraction of sp³-hybridized carbons (Fsp3) is 0. The van der Waals surface area contributed by atoms with Gasteiger partial charge in [-0.1, -0.05) is 121 Å². The number of benzene rings is 8. The zero-order valence-corrected chi connectivity index (χ0v) is 27.3. The molecule has 8 aromatic carbocycles. The molecule has 3 heteroatoms. The molecule has 3 aromatic heterocycles. The second kappa shape index (κ2) is 10.2. The third-order valence-electron chi connectivity index (χ3n) is 10.3. The standard InChI is InChI=1S/C46H28N2S/c1-3-13-29(14-4-1)30-23-26-40-38(27-30)43-35-18-7-8-19-36(35)46-44(37-20-10-12-22-42(37)49-46)45(43)48(40)32-24-25-34-33-17-9-11-21-39(33)47(41(34)28-32)31-15-5-2-6-16-31/h1-28H. The first-order valence-corrected chi connectivity index (χ1v) is 17.6. The molecule has 0 amide bonds. The fourth-order valence-electron chi connectivity index (χ4n) is 8.20. The molecule has 0 radical (unpaired) electrons. The summed E-state index contributed by atoms with van der Waals surface area (Å²) in [5.41, 5.74) is 9.68. The first-order valence-electron chi connectivity index (χ1n) is 16.8. The lowest BCUT2D eigenvalue weighted by Gasteiger charge is -2.13. The van der Waals surface area contributed by atoms with Crippen LogP contribution >= 0.6 is 11.3 Å². The lowest BCUT2D eigenvalue weighted by molar-refractivity contribution is 1.16. The zero-order valence-electron chi connectivity index (χ0n) is 26.5. The molecule has 0 saturated carbocycles. The van der Waals surface area contributed by atoms with Crippen LogP contribution in [0, 0.1) is 0 Å². The van der Waals surface area contributed by atoms with Crippen molar-refractivity contribution in [3.8, 4) is 22.5 Å². The van der Waals surface area contributed by atoms with Crippen molar-refractivity contribution in [3.05, 3.63) is 170 Å². The minimum absolute atomic E-state index is 1.16. The first kappa shape index (κ1) is 26.9. The second-order valence-corrected chi connectivity index (χ2v) is 13.9. The van der Waals surface area contributed by atoms with Gasteiger partial charge in [0.05, 0.1) is 22.1 Å². The average molecular weight is 641 g/mol. The number of rotatable bonds is 3. The number of thiophene rings is 1. The SMILES string of the molecule is c1ccc(-c2ccc3c(c2)c2c4ccccc4c4sc5ccccc5c4c2n3-c2ccc3c4ccccc4n(-c4ccccc4)c3c2)cc1. The van der Waals surface area contributed by atoms with Gasteiger partial charge in [0.25, 0.3) is 0 Å². The van der Waals surface area contributed by atoms with Crippen LogP contribution in [0.1, 0.15) is 0 Å². The van der Waals surface area contributed by atoms with Gasteiger partial charge in [0.15, 0.2) is 0 Å². The van der Waals surface area contributed by atoms with E-state index in [1.807, 2.05) is 11.3 Å². The molecule has 0 spiro atoms. The topological polar surface area (TPSA) is 9.86 Å². The van der Waals surface area contributed by atoms with E-state index in [4.69, 9.17) is 0 Å². The van der Waals surface area contributed by atoms with Crippen molar-refractivity contribution in [1.82, 2.24) is 9.13 Å². The molecular formula is C46H28N2S. The van der Waals surface area contributed by atoms with Crippen molar-refractivity contribution in [1.29, 1.82) is 0 Å². The van der Waals surface area contributed by atoms with Gasteiger partial charge in [-0.2, -0.15) is 0 Å². The minimum Gasteiger partial charge on any atom is -0.309 e. The summed E-state index contributed by atoms with van der Waals surface area (Å²) >= 11 is 1.91. The maximum atomic E-state index is 2.54. The lowest BCUT2D eigenvalue weighted by atomic mass is 9.98. The number of hydrogen-bond donors (Lipinski definition) is 0. The van der Waals surface area contributed by atoms with Crippen LogP contribution in [-0.4, -0.2) is 9.13 Å². The Morgan fingerprint density at radius 3 is 1.84 bits per heavy atom. The molecule has 0 saturated heterocycles. The van der Waals surface area contributed by atoms with Gasteiger partial charge in [0.2, 0.25) is 0 Å². The Morgan fingerprint density at radius 2 is 1.00 bits per heavy atom. The van der Waals surface area contributed by atoms with E-state index in [9.17, 15) is 0 Å². The van der Waals surface area contributed by atoms with Crippen LogP contribution < -0.4 is 0 Å². The smallest absolute Gasteiger partial charge is 0.0640 e. The van der Waals surface area contributed by atoms with E-state index in [0.29, 0.717) is 0 Å². The van der Waals surface area contributed by atoms with E-state index >= 15 is 0 Å². The molecular weight excluding hydrogens is 613 g/mol. The number of nitrogens with zero attached hydrogens (tertiary/aromatic N) is 2. The predicted octanol–water partition coefficient (Wildman–Crippen LogP) is 13.1. The highest BCUT2D eigenvalue weighted by molar-refractivity contribution is 7.27. The van der Waals surface area contributed by atoms with Crippen LogP contribution in [0.25, 0.3) is 97.1 Å². The number of hydrogen-bond acceptors (Lipinski definition) is 1. The van der Waals surface area contributed by atoms with Crippen molar-refractivity contribution in [2.45, 2.75) is 0 Å². The molecule has 0 unspecified atom stereocenters. The van der Waals surface area contributed by atoms with Crippen molar-refractivity contribution in [3.63, 3.8) is 0 Å². The summed E-state index contributed by atoms with van der Waals surface area (Å²) in [7, 11) is 0. The number of fused-ring (bicyclic) bond motifs is 13. The molecule has 0 aliphatic rings. The average Bonchev–Trinajstić information content (AvgIpc) is 3.83. The largest absolute Gasteiger partial charge is 0.309 e. The number of aromatic nitrogens is 2. The van der Waals surface area contributed by atoms with E-state index in [-0.39, 0.29) is 0 Å². The molecule has 0 fully saturated rings. The van der Waals surface area contributed by atoms with Gasteiger partial charge in [-0.3, -0.25) is 0 Å². The van der Waals surface area contributed by atoms with E-state index in [2.05, 4.69) is 179 Å². The number of para-hydroxylation sites is 2. The highest BCUT2D eigenvalue weighted by Gasteiger charge is 2.23. The van der Waals surface area contributed by atoms with Crippen LogP contribution in [-0.2, 0) is 0 Å². The predicted molar refractivity (Wildman–Crippen MR) is 211 cm³/mol. The summed E-state index contributed by atoms with van der Waals surface area (Å²) in [5, 5.41) is 10.4. The fourth-order valence-corrected chi connectivity index (χ4v) is 9.44. The maximum absolute atomic E-state index is 2.54. The normalized spacial score (nSPS) is 12.1.